The molecule has 0 aliphatic carbocycles. The number of carbonyl (C=O) groups is 1. The molecule has 19 heavy (non-hydrogen) atoms. The van der Waals surface area contributed by atoms with E-state index in [1.807, 2.05) is 45.0 Å². The fraction of sp³-hybridized carbons (Fsp3) is 0.533. The lowest BCUT2D eigenvalue weighted by atomic mass is 10.2. The van der Waals surface area contributed by atoms with Crippen molar-refractivity contribution in [2.45, 2.75) is 45.9 Å². The number of hydrogen-bond acceptors (Lipinski definition) is 4. The summed E-state index contributed by atoms with van der Waals surface area (Å²) in [6, 6.07) is 7.40. The first-order valence-corrected chi connectivity index (χ1v) is 6.41. The summed E-state index contributed by atoms with van der Waals surface area (Å²) in [5, 5.41) is 3.14. The van der Waals surface area contributed by atoms with E-state index in [-0.39, 0.29) is 12.0 Å². The second kappa shape index (κ2) is 6.57. The van der Waals surface area contributed by atoms with E-state index in [1.54, 1.807) is 14.0 Å². The Bertz CT molecular complexity index is 406. The van der Waals surface area contributed by atoms with Gasteiger partial charge in [0.2, 0.25) is 0 Å². The van der Waals surface area contributed by atoms with Gasteiger partial charge in [-0.2, -0.15) is 0 Å². The molecule has 0 fully saturated rings. The molecule has 0 bridgehead atoms. The summed E-state index contributed by atoms with van der Waals surface area (Å²) in [6.45, 7) is 8.01. The van der Waals surface area contributed by atoms with Crippen LogP contribution < -0.4 is 10.1 Å². The lowest BCUT2D eigenvalue weighted by Crippen LogP contribution is -2.38. The van der Waals surface area contributed by atoms with Gasteiger partial charge in [-0.3, -0.25) is 4.79 Å². The maximum Gasteiger partial charge on any atom is 0.323 e. The predicted octanol–water partition coefficient (Wildman–Crippen LogP) is 2.52. The molecule has 1 unspecified atom stereocenters. The summed E-state index contributed by atoms with van der Waals surface area (Å²) < 4.78 is 10.4. The van der Waals surface area contributed by atoms with Crippen molar-refractivity contribution in [2.24, 2.45) is 0 Å². The molecule has 0 radical (unpaired) electrons. The van der Waals surface area contributed by atoms with Crippen LogP contribution in [0.3, 0.4) is 0 Å². The van der Waals surface area contributed by atoms with Crippen LogP contribution >= 0.6 is 0 Å². The van der Waals surface area contributed by atoms with Crippen molar-refractivity contribution >= 4 is 5.97 Å². The summed E-state index contributed by atoms with van der Waals surface area (Å²) in [6.07, 6.45) is 0. The number of ether oxygens (including phenoxy) is 2. The van der Waals surface area contributed by atoms with Gasteiger partial charge in [0.05, 0.1) is 7.11 Å². The topological polar surface area (TPSA) is 47.6 Å². The molecule has 1 aromatic carbocycles. The van der Waals surface area contributed by atoms with Crippen molar-refractivity contribution in [2.75, 3.05) is 7.11 Å². The standard InChI is InChI=1S/C15H23NO3/c1-11(14(17)19-15(2,3)4)16-10-12-6-8-13(18-5)9-7-12/h6-9,11,16H,10H2,1-5H3. The number of benzene rings is 1. The normalized spacial score (nSPS) is 12.9. The molecule has 0 heterocycles. The highest BCUT2D eigenvalue weighted by atomic mass is 16.6. The minimum atomic E-state index is -0.451. The number of nitrogens with one attached hydrogen (secondary N) is 1. The molecule has 0 spiro atoms. The van der Waals surface area contributed by atoms with Crippen LogP contribution in [0.2, 0.25) is 0 Å². The quantitative estimate of drug-likeness (QED) is 0.831. The minimum absolute atomic E-state index is 0.235. The Hall–Kier alpha value is -1.55. The maximum absolute atomic E-state index is 11.8. The van der Waals surface area contributed by atoms with Gasteiger partial charge in [0.1, 0.15) is 17.4 Å². The van der Waals surface area contributed by atoms with E-state index in [2.05, 4.69) is 5.32 Å². The van der Waals surface area contributed by atoms with E-state index in [9.17, 15) is 4.79 Å². The van der Waals surface area contributed by atoms with Crippen LogP contribution in [0, 0.1) is 0 Å². The highest BCUT2D eigenvalue weighted by Crippen LogP contribution is 2.12. The van der Waals surface area contributed by atoms with Gasteiger partial charge in [-0.15, -0.1) is 0 Å². The number of esters is 1. The molecule has 4 heteroatoms. The number of methoxy groups -OCH3 is 1. The van der Waals surface area contributed by atoms with Gasteiger partial charge in [-0.1, -0.05) is 12.1 Å². The summed E-state index contributed by atoms with van der Waals surface area (Å²) in [7, 11) is 1.64. The van der Waals surface area contributed by atoms with Gasteiger partial charge in [0.25, 0.3) is 0 Å². The molecule has 106 valence electrons. The summed E-state index contributed by atoms with van der Waals surface area (Å²) in [4.78, 5) is 11.8. The van der Waals surface area contributed by atoms with Crippen molar-refractivity contribution in [3.05, 3.63) is 29.8 Å². The fourth-order valence-corrected chi connectivity index (χ4v) is 1.49. The first kappa shape index (κ1) is 15.5. The summed E-state index contributed by atoms with van der Waals surface area (Å²) >= 11 is 0. The van der Waals surface area contributed by atoms with Gasteiger partial charge in [0, 0.05) is 6.54 Å². The first-order valence-electron chi connectivity index (χ1n) is 6.41. The molecule has 1 aromatic rings. The Labute approximate surface area is 115 Å². The highest BCUT2D eigenvalue weighted by Gasteiger charge is 2.21. The molecule has 0 saturated heterocycles. The Balaban J connectivity index is 2.44. The van der Waals surface area contributed by atoms with Crippen LogP contribution in [-0.2, 0) is 16.1 Å². The van der Waals surface area contributed by atoms with E-state index in [1.165, 1.54) is 0 Å². The number of carbonyl (C=O) groups excluding carboxylic acids is 1. The molecule has 1 atom stereocenters. The molecule has 0 amide bonds. The van der Waals surface area contributed by atoms with E-state index >= 15 is 0 Å². The molecule has 0 aliphatic rings. The molecule has 0 aromatic heterocycles. The zero-order valence-corrected chi connectivity index (χ0v) is 12.3. The number of rotatable bonds is 5. The second-order valence-corrected chi connectivity index (χ2v) is 5.48. The second-order valence-electron chi connectivity index (χ2n) is 5.48. The Morgan fingerprint density at radius 1 is 1.26 bits per heavy atom. The van der Waals surface area contributed by atoms with E-state index < -0.39 is 5.60 Å². The molecule has 0 saturated carbocycles. The van der Waals surface area contributed by atoms with Gasteiger partial charge in [-0.25, -0.2) is 0 Å². The van der Waals surface area contributed by atoms with E-state index in [4.69, 9.17) is 9.47 Å². The molecule has 0 aliphatic heterocycles. The molecular formula is C15H23NO3. The third-order valence-corrected chi connectivity index (χ3v) is 2.53. The lowest BCUT2D eigenvalue weighted by molar-refractivity contribution is -0.157. The Morgan fingerprint density at radius 2 is 1.84 bits per heavy atom. The van der Waals surface area contributed by atoms with Gasteiger partial charge < -0.3 is 14.8 Å². The Morgan fingerprint density at radius 3 is 2.32 bits per heavy atom. The van der Waals surface area contributed by atoms with Gasteiger partial charge in [0.15, 0.2) is 0 Å². The SMILES string of the molecule is COc1ccc(CNC(C)C(=O)OC(C)(C)C)cc1. The van der Waals surface area contributed by atoms with Gasteiger partial charge in [-0.05, 0) is 45.4 Å². The molecular weight excluding hydrogens is 242 g/mol. The zero-order chi connectivity index (χ0) is 14.5. The molecule has 1 rings (SSSR count). The van der Waals surface area contributed by atoms with Crippen LogP contribution in [0.1, 0.15) is 33.3 Å². The molecule has 1 N–H and O–H groups in total. The largest absolute Gasteiger partial charge is 0.497 e. The Kier molecular flexibility index (Phi) is 5.36. The minimum Gasteiger partial charge on any atom is -0.497 e. The van der Waals surface area contributed by atoms with Crippen molar-refractivity contribution in [3.63, 3.8) is 0 Å². The molecule has 4 nitrogen and oxygen atoms in total. The average Bonchev–Trinajstić information content (AvgIpc) is 2.34. The van der Waals surface area contributed by atoms with Crippen LogP contribution in [0.15, 0.2) is 24.3 Å². The third-order valence-electron chi connectivity index (χ3n) is 2.53. The smallest absolute Gasteiger partial charge is 0.323 e. The monoisotopic (exact) mass is 265 g/mol. The number of hydrogen-bond donors (Lipinski definition) is 1. The van der Waals surface area contributed by atoms with Crippen LogP contribution in [0.5, 0.6) is 5.75 Å². The van der Waals surface area contributed by atoms with Crippen molar-refractivity contribution in [1.82, 2.24) is 5.32 Å². The van der Waals surface area contributed by atoms with Crippen molar-refractivity contribution in [1.29, 1.82) is 0 Å². The van der Waals surface area contributed by atoms with E-state index in [0.29, 0.717) is 6.54 Å². The van der Waals surface area contributed by atoms with Crippen molar-refractivity contribution in [3.8, 4) is 5.75 Å². The van der Waals surface area contributed by atoms with E-state index in [0.717, 1.165) is 11.3 Å². The third kappa shape index (κ3) is 5.75. The van der Waals surface area contributed by atoms with Crippen LogP contribution in [0.4, 0.5) is 0 Å². The first-order chi connectivity index (χ1) is 8.81. The summed E-state index contributed by atoms with van der Waals surface area (Å²) in [5.74, 6) is 0.588. The lowest BCUT2D eigenvalue weighted by Gasteiger charge is -2.22. The van der Waals surface area contributed by atoms with Crippen LogP contribution in [0.25, 0.3) is 0 Å². The maximum atomic E-state index is 11.8. The van der Waals surface area contributed by atoms with Gasteiger partial charge >= 0.3 is 5.97 Å². The predicted molar refractivity (Wildman–Crippen MR) is 75.1 cm³/mol. The van der Waals surface area contributed by atoms with Crippen LogP contribution in [-0.4, -0.2) is 24.7 Å². The summed E-state index contributed by atoms with van der Waals surface area (Å²) in [5.41, 5.74) is 0.642. The zero-order valence-electron chi connectivity index (χ0n) is 12.3. The highest BCUT2D eigenvalue weighted by molar-refractivity contribution is 5.75. The fourth-order valence-electron chi connectivity index (χ4n) is 1.49. The van der Waals surface area contributed by atoms with Crippen molar-refractivity contribution < 1.29 is 14.3 Å². The average molecular weight is 265 g/mol.